The molecule has 0 spiro atoms. The van der Waals surface area contributed by atoms with Crippen molar-refractivity contribution >= 4 is 17.4 Å². The highest BCUT2D eigenvalue weighted by Gasteiger charge is 2.15. The van der Waals surface area contributed by atoms with Crippen LogP contribution in [0.2, 0.25) is 0 Å². The Labute approximate surface area is 90.3 Å². The molecule has 1 atom stereocenters. The minimum absolute atomic E-state index is 0.595. The van der Waals surface area contributed by atoms with E-state index in [-0.39, 0.29) is 0 Å². The van der Waals surface area contributed by atoms with Crippen LogP contribution in [0.1, 0.15) is 32.3 Å². The molecule has 0 saturated heterocycles. The third-order valence-corrected chi connectivity index (χ3v) is 3.88. The Balaban J connectivity index is 2.31. The molecule has 1 aromatic rings. The van der Waals surface area contributed by atoms with Crippen LogP contribution in [0.5, 0.6) is 0 Å². The topological polar surface area (TPSA) is 12.0 Å². The number of hydrogen-bond donors (Lipinski definition) is 1. The van der Waals surface area contributed by atoms with Gasteiger partial charge in [-0.1, -0.05) is 19.9 Å². The van der Waals surface area contributed by atoms with Crippen molar-refractivity contribution in [3.8, 4) is 0 Å². The molecule has 0 radical (unpaired) electrons. The van der Waals surface area contributed by atoms with Gasteiger partial charge in [-0.25, -0.2) is 0 Å². The second-order valence-electron chi connectivity index (χ2n) is 4.27. The summed E-state index contributed by atoms with van der Waals surface area (Å²) < 4.78 is 0. The third kappa shape index (κ3) is 1.90. The lowest BCUT2D eigenvalue weighted by Crippen LogP contribution is -2.21. The average Bonchev–Trinajstić information content (AvgIpc) is 2.16. The summed E-state index contributed by atoms with van der Waals surface area (Å²) in [6.07, 6.45) is 0. The monoisotopic (exact) mass is 207 g/mol. The molecule has 0 bridgehead atoms. The van der Waals surface area contributed by atoms with Gasteiger partial charge in [-0.05, 0) is 30.5 Å². The van der Waals surface area contributed by atoms with Crippen LogP contribution in [0.15, 0.2) is 23.1 Å². The van der Waals surface area contributed by atoms with E-state index in [2.05, 4.69) is 44.3 Å². The van der Waals surface area contributed by atoms with Gasteiger partial charge in [-0.3, -0.25) is 0 Å². The summed E-state index contributed by atoms with van der Waals surface area (Å²) in [6.45, 7) is 6.71. The second kappa shape index (κ2) is 3.85. The Morgan fingerprint density at radius 3 is 2.93 bits per heavy atom. The lowest BCUT2D eigenvalue weighted by Gasteiger charge is -2.24. The molecule has 1 heterocycles. The molecule has 14 heavy (non-hydrogen) atoms. The number of benzene rings is 1. The van der Waals surface area contributed by atoms with E-state index in [0.717, 1.165) is 0 Å². The van der Waals surface area contributed by atoms with E-state index in [1.807, 2.05) is 11.8 Å². The van der Waals surface area contributed by atoms with Crippen LogP contribution in [0.3, 0.4) is 0 Å². The van der Waals surface area contributed by atoms with E-state index in [1.165, 1.54) is 21.9 Å². The lowest BCUT2D eigenvalue weighted by molar-refractivity contribution is 0.854. The fraction of sp³-hybridized carbons (Fsp3) is 0.500. The predicted molar refractivity (Wildman–Crippen MR) is 64.3 cm³/mol. The SMILES string of the molecule is CC1CSc2cc(C(C)C)ccc2N1. The number of rotatable bonds is 1. The van der Waals surface area contributed by atoms with Gasteiger partial charge in [0, 0.05) is 22.4 Å². The molecule has 0 saturated carbocycles. The van der Waals surface area contributed by atoms with Crippen molar-refractivity contribution in [3.05, 3.63) is 23.8 Å². The van der Waals surface area contributed by atoms with Gasteiger partial charge in [0.1, 0.15) is 0 Å². The number of fused-ring (bicyclic) bond motifs is 1. The maximum absolute atomic E-state index is 3.51. The van der Waals surface area contributed by atoms with E-state index in [9.17, 15) is 0 Å². The highest BCUT2D eigenvalue weighted by Crippen LogP contribution is 2.35. The van der Waals surface area contributed by atoms with E-state index >= 15 is 0 Å². The Morgan fingerprint density at radius 1 is 1.43 bits per heavy atom. The molecular weight excluding hydrogens is 190 g/mol. The smallest absolute Gasteiger partial charge is 0.0480 e. The molecule has 0 amide bonds. The molecule has 1 N–H and O–H groups in total. The maximum atomic E-state index is 3.51. The Morgan fingerprint density at radius 2 is 2.21 bits per heavy atom. The summed E-state index contributed by atoms with van der Waals surface area (Å²) in [5.74, 6) is 1.80. The minimum Gasteiger partial charge on any atom is -0.381 e. The summed E-state index contributed by atoms with van der Waals surface area (Å²) in [4.78, 5) is 1.41. The van der Waals surface area contributed by atoms with E-state index in [1.54, 1.807) is 0 Å². The zero-order chi connectivity index (χ0) is 10.1. The summed E-state index contributed by atoms with van der Waals surface area (Å²) in [5, 5.41) is 3.51. The Kier molecular flexibility index (Phi) is 2.73. The molecule has 76 valence electrons. The van der Waals surface area contributed by atoms with Crippen molar-refractivity contribution in [3.63, 3.8) is 0 Å². The predicted octanol–water partition coefficient (Wildman–Crippen LogP) is 3.72. The third-order valence-electron chi connectivity index (χ3n) is 2.56. The van der Waals surface area contributed by atoms with Crippen LogP contribution in [0, 0.1) is 0 Å². The summed E-state index contributed by atoms with van der Waals surface area (Å²) in [6, 6.07) is 7.36. The van der Waals surface area contributed by atoms with Crippen LogP contribution in [0.4, 0.5) is 5.69 Å². The zero-order valence-electron chi connectivity index (χ0n) is 9.00. The van der Waals surface area contributed by atoms with Gasteiger partial charge in [-0.2, -0.15) is 0 Å². The van der Waals surface area contributed by atoms with Crippen LogP contribution in [-0.2, 0) is 0 Å². The van der Waals surface area contributed by atoms with Gasteiger partial charge in [0.25, 0.3) is 0 Å². The van der Waals surface area contributed by atoms with E-state index in [4.69, 9.17) is 0 Å². The Hall–Kier alpha value is -0.630. The van der Waals surface area contributed by atoms with Crippen molar-refractivity contribution < 1.29 is 0 Å². The minimum atomic E-state index is 0.595. The molecule has 1 aliphatic rings. The first-order chi connectivity index (χ1) is 6.66. The van der Waals surface area contributed by atoms with Crippen molar-refractivity contribution in [2.24, 2.45) is 0 Å². The van der Waals surface area contributed by atoms with Gasteiger partial charge < -0.3 is 5.32 Å². The summed E-state index contributed by atoms with van der Waals surface area (Å²) in [5.41, 5.74) is 2.74. The fourth-order valence-electron chi connectivity index (χ4n) is 1.66. The van der Waals surface area contributed by atoms with Crippen molar-refractivity contribution in [2.75, 3.05) is 11.1 Å². The first-order valence-corrected chi connectivity index (χ1v) is 6.18. The number of thioether (sulfide) groups is 1. The molecule has 0 aliphatic carbocycles. The number of nitrogens with one attached hydrogen (secondary N) is 1. The fourth-order valence-corrected chi connectivity index (χ4v) is 2.67. The van der Waals surface area contributed by atoms with Gasteiger partial charge in [-0.15, -0.1) is 11.8 Å². The maximum Gasteiger partial charge on any atom is 0.0480 e. The molecule has 2 heteroatoms. The van der Waals surface area contributed by atoms with Gasteiger partial charge in [0.15, 0.2) is 0 Å². The summed E-state index contributed by atoms with van der Waals surface area (Å²) in [7, 11) is 0. The van der Waals surface area contributed by atoms with Crippen molar-refractivity contribution in [1.29, 1.82) is 0 Å². The van der Waals surface area contributed by atoms with Crippen LogP contribution >= 0.6 is 11.8 Å². The van der Waals surface area contributed by atoms with Crippen LogP contribution in [-0.4, -0.2) is 11.8 Å². The van der Waals surface area contributed by atoms with Crippen molar-refractivity contribution in [1.82, 2.24) is 0 Å². The molecule has 1 aromatic carbocycles. The number of hydrogen-bond acceptors (Lipinski definition) is 2. The lowest BCUT2D eigenvalue weighted by atomic mass is 10.0. The first kappa shape index (κ1) is 9.91. The molecule has 2 rings (SSSR count). The quantitative estimate of drug-likeness (QED) is 0.753. The molecule has 0 fully saturated rings. The van der Waals surface area contributed by atoms with Gasteiger partial charge in [0.2, 0.25) is 0 Å². The largest absolute Gasteiger partial charge is 0.381 e. The first-order valence-electron chi connectivity index (χ1n) is 5.20. The van der Waals surface area contributed by atoms with Gasteiger partial charge in [0.05, 0.1) is 0 Å². The highest BCUT2D eigenvalue weighted by molar-refractivity contribution is 7.99. The summed E-state index contributed by atoms with van der Waals surface area (Å²) >= 11 is 1.97. The molecule has 0 aromatic heterocycles. The average molecular weight is 207 g/mol. The number of anilines is 1. The van der Waals surface area contributed by atoms with E-state index < -0.39 is 0 Å². The normalized spacial score (nSPS) is 20.4. The standard InChI is InChI=1S/C12H17NS/c1-8(2)10-4-5-11-12(6-10)14-7-9(3)13-11/h4-6,8-9,13H,7H2,1-3H3. The molecule has 1 unspecified atom stereocenters. The van der Waals surface area contributed by atoms with Crippen LogP contribution < -0.4 is 5.32 Å². The van der Waals surface area contributed by atoms with Crippen LogP contribution in [0.25, 0.3) is 0 Å². The molecule has 1 nitrogen and oxygen atoms in total. The molecular formula is C12H17NS. The molecule has 1 aliphatic heterocycles. The van der Waals surface area contributed by atoms with Crippen molar-refractivity contribution in [2.45, 2.75) is 37.6 Å². The Bertz CT molecular complexity index is 333. The second-order valence-corrected chi connectivity index (χ2v) is 5.33. The highest BCUT2D eigenvalue weighted by atomic mass is 32.2. The zero-order valence-corrected chi connectivity index (χ0v) is 9.82. The van der Waals surface area contributed by atoms with Gasteiger partial charge >= 0.3 is 0 Å². The van der Waals surface area contributed by atoms with E-state index in [0.29, 0.717) is 12.0 Å².